The van der Waals surface area contributed by atoms with Crippen molar-refractivity contribution in [3.63, 3.8) is 0 Å². The van der Waals surface area contributed by atoms with Gasteiger partial charge in [0.15, 0.2) is 6.61 Å². The lowest BCUT2D eigenvalue weighted by Gasteiger charge is -2.08. The Labute approximate surface area is 145 Å². The first-order valence-corrected chi connectivity index (χ1v) is 8.76. The Morgan fingerprint density at radius 1 is 1.17 bits per heavy atom. The molecule has 1 aromatic heterocycles. The highest BCUT2D eigenvalue weighted by Gasteiger charge is 2.06. The van der Waals surface area contributed by atoms with E-state index in [0.29, 0.717) is 23.6 Å². The van der Waals surface area contributed by atoms with Crippen molar-refractivity contribution >= 4 is 23.2 Å². The largest absolute Gasteiger partial charge is 0.482 e. The Hall–Kier alpha value is -2.34. The molecule has 1 heterocycles. The van der Waals surface area contributed by atoms with E-state index in [1.165, 1.54) is 16.9 Å². The molecule has 128 valence electrons. The molecule has 0 saturated carbocycles. The van der Waals surface area contributed by atoms with Crippen molar-refractivity contribution in [1.82, 2.24) is 5.32 Å². The molecule has 0 fully saturated rings. The number of esters is 1. The summed E-state index contributed by atoms with van der Waals surface area (Å²) in [6.45, 7) is 2.67. The lowest BCUT2D eigenvalue weighted by Crippen LogP contribution is -2.25. The molecule has 0 bridgehead atoms. The van der Waals surface area contributed by atoms with Gasteiger partial charge in [-0.1, -0.05) is 25.1 Å². The van der Waals surface area contributed by atoms with E-state index in [1.807, 2.05) is 35.7 Å². The lowest BCUT2D eigenvalue weighted by atomic mass is 10.2. The maximum absolute atomic E-state index is 11.7. The zero-order valence-corrected chi connectivity index (χ0v) is 14.4. The van der Waals surface area contributed by atoms with Crippen LogP contribution in [0.3, 0.4) is 0 Å². The number of hydrogen-bond acceptors (Lipinski definition) is 5. The van der Waals surface area contributed by atoms with E-state index in [-0.39, 0.29) is 19.1 Å². The zero-order valence-electron chi connectivity index (χ0n) is 13.6. The predicted octanol–water partition coefficient (Wildman–Crippen LogP) is 3.05. The number of carbonyl (C=O) groups is 2. The minimum Gasteiger partial charge on any atom is -0.482 e. The number of benzene rings is 1. The number of aryl methyl sites for hydroxylation is 1. The smallest absolute Gasteiger partial charge is 0.344 e. The van der Waals surface area contributed by atoms with Gasteiger partial charge in [-0.2, -0.15) is 0 Å². The van der Waals surface area contributed by atoms with Crippen molar-refractivity contribution in [2.24, 2.45) is 0 Å². The lowest BCUT2D eigenvalue weighted by molar-refractivity contribution is -0.146. The third-order valence-electron chi connectivity index (χ3n) is 3.30. The summed E-state index contributed by atoms with van der Waals surface area (Å²) in [5.74, 6) is 0.127. The van der Waals surface area contributed by atoms with Crippen LogP contribution in [-0.4, -0.2) is 31.6 Å². The van der Waals surface area contributed by atoms with E-state index in [0.717, 1.165) is 6.42 Å². The van der Waals surface area contributed by atoms with Crippen LogP contribution in [0, 0.1) is 0 Å². The average molecular weight is 347 g/mol. The van der Waals surface area contributed by atoms with E-state index in [2.05, 4.69) is 12.2 Å². The van der Waals surface area contributed by atoms with Crippen molar-refractivity contribution in [2.75, 3.05) is 19.8 Å². The van der Waals surface area contributed by atoms with Crippen LogP contribution in [0.25, 0.3) is 0 Å². The van der Waals surface area contributed by atoms with E-state index in [4.69, 9.17) is 9.47 Å². The molecule has 0 aliphatic rings. The molecule has 0 unspecified atom stereocenters. The van der Waals surface area contributed by atoms with Crippen LogP contribution in [0.15, 0.2) is 41.8 Å². The molecule has 5 nitrogen and oxygen atoms in total. The Morgan fingerprint density at radius 3 is 2.62 bits per heavy atom. The summed E-state index contributed by atoms with van der Waals surface area (Å²) >= 11 is 1.39. The fourth-order valence-electron chi connectivity index (χ4n) is 1.96. The molecule has 0 atom stereocenters. The second kappa shape index (κ2) is 9.72. The summed E-state index contributed by atoms with van der Waals surface area (Å²) in [6.07, 6.45) is 1.53. The van der Waals surface area contributed by atoms with E-state index >= 15 is 0 Å². The monoisotopic (exact) mass is 347 g/mol. The summed E-state index contributed by atoms with van der Waals surface area (Å²) in [5, 5.41) is 4.63. The number of carbonyl (C=O) groups excluding carboxylic acids is 2. The van der Waals surface area contributed by atoms with Gasteiger partial charge < -0.3 is 14.8 Å². The standard InChI is InChI=1S/C18H21NO4S/c1-2-14-6-8-15(9-7-14)23-13-17(20)22-11-4-10-19-18(21)16-5-3-12-24-16/h3,5-9,12H,2,4,10-11,13H2,1H3,(H,19,21). The Kier molecular flexibility index (Phi) is 7.29. The van der Waals surface area contributed by atoms with E-state index in [1.54, 1.807) is 6.07 Å². The van der Waals surface area contributed by atoms with Gasteiger partial charge in [0.25, 0.3) is 5.91 Å². The molecule has 6 heteroatoms. The molecule has 1 N–H and O–H groups in total. The molecule has 24 heavy (non-hydrogen) atoms. The van der Waals surface area contributed by atoms with Crippen molar-refractivity contribution in [1.29, 1.82) is 0 Å². The predicted molar refractivity (Wildman–Crippen MR) is 93.5 cm³/mol. The van der Waals surface area contributed by atoms with Gasteiger partial charge in [-0.3, -0.25) is 4.79 Å². The molecule has 2 rings (SSSR count). The van der Waals surface area contributed by atoms with Crippen LogP contribution in [0.5, 0.6) is 5.75 Å². The van der Waals surface area contributed by atoms with Crippen molar-refractivity contribution in [3.05, 3.63) is 52.2 Å². The van der Waals surface area contributed by atoms with Gasteiger partial charge in [-0.15, -0.1) is 11.3 Å². The molecule has 0 spiro atoms. The molecule has 0 aliphatic carbocycles. The molecule has 2 aromatic rings. The molecule has 0 aliphatic heterocycles. The fourth-order valence-corrected chi connectivity index (χ4v) is 2.60. The molecule has 1 aromatic carbocycles. The Bertz CT molecular complexity index is 638. The number of nitrogens with one attached hydrogen (secondary N) is 1. The highest BCUT2D eigenvalue weighted by atomic mass is 32.1. The van der Waals surface area contributed by atoms with Gasteiger partial charge in [0.05, 0.1) is 11.5 Å². The highest BCUT2D eigenvalue weighted by Crippen LogP contribution is 2.12. The van der Waals surface area contributed by atoms with Crippen LogP contribution in [-0.2, 0) is 16.0 Å². The van der Waals surface area contributed by atoms with Crippen LogP contribution in [0.1, 0.15) is 28.6 Å². The van der Waals surface area contributed by atoms with Crippen LogP contribution in [0.4, 0.5) is 0 Å². The van der Waals surface area contributed by atoms with E-state index < -0.39 is 5.97 Å². The number of rotatable bonds is 9. The van der Waals surface area contributed by atoms with Crippen molar-refractivity contribution in [2.45, 2.75) is 19.8 Å². The quantitative estimate of drug-likeness (QED) is 0.559. The number of ether oxygens (including phenoxy) is 2. The summed E-state index contributed by atoms with van der Waals surface area (Å²) in [5.41, 5.74) is 1.22. The summed E-state index contributed by atoms with van der Waals surface area (Å²) < 4.78 is 10.4. The first-order valence-electron chi connectivity index (χ1n) is 7.88. The third kappa shape index (κ3) is 6.04. The van der Waals surface area contributed by atoms with E-state index in [9.17, 15) is 9.59 Å². The topological polar surface area (TPSA) is 64.6 Å². The van der Waals surface area contributed by atoms with Gasteiger partial charge in [-0.25, -0.2) is 4.79 Å². The minimum atomic E-state index is -0.417. The second-order valence-corrected chi connectivity index (χ2v) is 6.04. The van der Waals surface area contributed by atoms with Gasteiger partial charge in [0, 0.05) is 6.54 Å². The summed E-state index contributed by atoms with van der Waals surface area (Å²) in [4.78, 5) is 23.9. The minimum absolute atomic E-state index is 0.102. The van der Waals surface area contributed by atoms with Crippen molar-refractivity contribution < 1.29 is 19.1 Å². The van der Waals surface area contributed by atoms with Gasteiger partial charge in [-0.05, 0) is 42.0 Å². The zero-order chi connectivity index (χ0) is 17.2. The van der Waals surface area contributed by atoms with Gasteiger partial charge >= 0.3 is 5.97 Å². The van der Waals surface area contributed by atoms with Crippen LogP contribution >= 0.6 is 11.3 Å². The third-order valence-corrected chi connectivity index (χ3v) is 4.17. The maximum Gasteiger partial charge on any atom is 0.344 e. The highest BCUT2D eigenvalue weighted by molar-refractivity contribution is 7.12. The molecule has 0 radical (unpaired) electrons. The molecule has 1 amide bonds. The normalized spacial score (nSPS) is 10.2. The fraction of sp³-hybridized carbons (Fsp3) is 0.333. The maximum atomic E-state index is 11.7. The van der Waals surface area contributed by atoms with Gasteiger partial charge in [0.1, 0.15) is 5.75 Å². The molecule has 0 saturated heterocycles. The molecular weight excluding hydrogens is 326 g/mol. The Balaban J connectivity index is 1.55. The number of hydrogen-bond donors (Lipinski definition) is 1. The van der Waals surface area contributed by atoms with Crippen molar-refractivity contribution in [3.8, 4) is 5.75 Å². The first-order chi connectivity index (χ1) is 11.7. The van der Waals surface area contributed by atoms with Crippen LogP contribution in [0.2, 0.25) is 0 Å². The number of thiophene rings is 1. The summed E-state index contributed by atoms with van der Waals surface area (Å²) in [6, 6.07) is 11.2. The van der Waals surface area contributed by atoms with Gasteiger partial charge in [0.2, 0.25) is 0 Å². The molecular formula is C18H21NO4S. The first kappa shape index (κ1) is 18.0. The Morgan fingerprint density at radius 2 is 1.96 bits per heavy atom. The SMILES string of the molecule is CCc1ccc(OCC(=O)OCCCNC(=O)c2cccs2)cc1. The number of amides is 1. The van der Waals surface area contributed by atoms with Crippen LogP contribution < -0.4 is 10.1 Å². The average Bonchev–Trinajstić information content (AvgIpc) is 3.14. The second-order valence-electron chi connectivity index (χ2n) is 5.09. The summed E-state index contributed by atoms with van der Waals surface area (Å²) in [7, 11) is 0.